The highest BCUT2D eigenvalue weighted by atomic mass is 35.5. The molecular weight excluding hydrogens is 189 g/mol. The van der Waals surface area contributed by atoms with Crippen LogP contribution >= 0.6 is 11.6 Å². The molecule has 1 saturated carbocycles. The molecule has 0 aromatic heterocycles. The number of benzene rings is 1. The van der Waals surface area contributed by atoms with Gasteiger partial charge in [-0.25, -0.2) is 4.39 Å². The van der Waals surface area contributed by atoms with Gasteiger partial charge in [0.2, 0.25) is 0 Å². The average molecular weight is 200 g/mol. The zero-order valence-electron chi connectivity index (χ0n) is 7.19. The molecule has 0 spiro atoms. The molecule has 0 aliphatic heterocycles. The standard InChI is InChI=1S/C10H11ClFN/c11-7-1-2-8(9(12)5-7)10(6-13)3-4-10/h1-2,5H,3-4,6,13H2. The fourth-order valence-corrected chi connectivity index (χ4v) is 1.81. The summed E-state index contributed by atoms with van der Waals surface area (Å²) in [6.45, 7) is 0.519. The molecule has 13 heavy (non-hydrogen) atoms. The SMILES string of the molecule is NCC1(c2ccc(Cl)cc2F)CC1. The average Bonchev–Trinajstić information content (AvgIpc) is 2.85. The van der Waals surface area contributed by atoms with Crippen molar-refractivity contribution in [3.8, 4) is 0 Å². The van der Waals surface area contributed by atoms with Gasteiger partial charge in [0.25, 0.3) is 0 Å². The van der Waals surface area contributed by atoms with E-state index in [9.17, 15) is 4.39 Å². The highest BCUT2D eigenvalue weighted by Gasteiger charge is 2.44. The largest absolute Gasteiger partial charge is 0.330 e. The Balaban J connectivity index is 2.41. The van der Waals surface area contributed by atoms with E-state index < -0.39 is 0 Å². The first kappa shape index (κ1) is 8.97. The molecule has 0 atom stereocenters. The van der Waals surface area contributed by atoms with Crippen molar-refractivity contribution in [1.82, 2.24) is 0 Å². The summed E-state index contributed by atoms with van der Waals surface area (Å²) in [7, 11) is 0. The maximum absolute atomic E-state index is 13.4. The van der Waals surface area contributed by atoms with Crippen LogP contribution in [0.25, 0.3) is 0 Å². The predicted molar refractivity (Wildman–Crippen MR) is 51.4 cm³/mol. The van der Waals surface area contributed by atoms with Crippen LogP contribution in [0.1, 0.15) is 18.4 Å². The molecule has 1 aromatic carbocycles. The van der Waals surface area contributed by atoms with Crippen LogP contribution in [0.3, 0.4) is 0 Å². The maximum atomic E-state index is 13.4. The van der Waals surface area contributed by atoms with Crippen LogP contribution in [0.5, 0.6) is 0 Å². The summed E-state index contributed by atoms with van der Waals surface area (Å²) < 4.78 is 13.4. The van der Waals surface area contributed by atoms with E-state index in [0.717, 1.165) is 18.4 Å². The van der Waals surface area contributed by atoms with Gasteiger partial charge in [0, 0.05) is 17.0 Å². The van der Waals surface area contributed by atoms with Gasteiger partial charge in [-0.1, -0.05) is 17.7 Å². The van der Waals surface area contributed by atoms with Crippen LogP contribution in [-0.4, -0.2) is 6.54 Å². The van der Waals surface area contributed by atoms with E-state index in [1.165, 1.54) is 6.07 Å². The molecule has 2 rings (SSSR count). The predicted octanol–water partition coefficient (Wildman–Crippen LogP) is 2.47. The Morgan fingerprint density at radius 1 is 1.46 bits per heavy atom. The monoisotopic (exact) mass is 199 g/mol. The Morgan fingerprint density at radius 3 is 2.62 bits per heavy atom. The summed E-state index contributed by atoms with van der Waals surface area (Å²) in [5.74, 6) is -0.226. The van der Waals surface area contributed by atoms with E-state index in [1.807, 2.05) is 0 Å². The zero-order valence-corrected chi connectivity index (χ0v) is 7.94. The molecule has 0 heterocycles. The first-order valence-corrected chi connectivity index (χ1v) is 4.71. The Morgan fingerprint density at radius 2 is 2.15 bits per heavy atom. The van der Waals surface area contributed by atoms with Crippen molar-refractivity contribution < 1.29 is 4.39 Å². The van der Waals surface area contributed by atoms with Gasteiger partial charge in [-0.05, 0) is 30.5 Å². The Kier molecular flexibility index (Phi) is 2.05. The molecule has 2 N–H and O–H groups in total. The van der Waals surface area contributed by atoms with Gasteiger partial charge < -0.3 is 5.73 Å². The van der Waals surface area contributed by atoms with E-state index in [1.54, 1.807) is 12.1 Å². The molecule has 0 bridgehead atoms. The number of halogens is 2. The third kappa shape index (κ3) is 1.45. The zero-order chi connectivity index (χ0) is 9.47. The lowest BCUT2D eigenvalue weighted by molar-refractivity contribution is 0.573. The quantitative estimate of drug-likeness (QED) is 0.778. The molecule has 0 radical (unpaired) electrons. The minimum atomic E-state index is -0.226. The lowest BCUT2D eigenvalue weighted by atomic mass is 9.96. The van der Waals surface area contributed by atoms with Crippen LogP contribution in [0.4, 0.5) is 4.39 Å². The third-order valence-electron chi connectivity index (χ3n) is 2.75. The first-order chi connectivity index (χ1) is 6.18. The van der Waals surface area contributed by atoms with Crippen LogP contribution < -0.4 is 5.73 Å². The van der Waals surface area contributed by atoms with Gasteiger partial charge in [0.1, 0.15) is 5.82 Å². The topological polar surface area (TPSA) is 26.0 Å². The molecule has 0 amide bonds. The second kappa shape index (κ2) is 2.96. The van der Waals surface area contributed by atoms with Gasteiger partial charge in [-0.3, -0.25) is 0 Å². The highest BCUT2D eigenvalue weighted by Crippen LogP contribution is 2.48. The van der Waals surface area contributed by atoms with Crippen molar-refractivity contribution in [2.24, 2.45) is 5.73 Å². The van der Waals surface area contributed by atoms with Crippen molar-refractivity contribution in [2.75, 3.05) is 6.54 Å². The summed E-state index contributed by atoms with van der Waals surface area (Å²) in [5.41, 5.74) is 6.24. The van der Waals surface area contributed by atoms with Crippen molar-refractivity contribution in [3.63, 3.8) is 0 Å². The highest BCUT2D eigenvalue weighted by molar-refractivity contribution is 6.30. The van der Waals surface area contributed by atoms with Crippen LogP contribution in [0.15, 0.2) is 18.2 Å². The van der Waals surface area contributed by atoms with Gasteiger partial charge in [-0.15, -0.1) is 0 Å². The Labute approximate surface area is 81.7 Å². The molecule has 0 unspecified atom stereocenters. The van der Waals surface area contributed by atoms with E-state index in [4.69, 9.17) is 17.3 Å². The number of nitrogens with two attached hydrogens (primary N) is 1. The molecule has 3 heteroatoms. The summed E-state index contributed by atoms with van der Waals surface area (Å²) >= 11 is 5.66. The van der Waals surface area contributed by atoms with Gasteiger partial charge >= 0.3 is 0 Å². The number of hydrogen-bond acceptors (Lipinski definition) is 1. The molecule has 1 nitrogen and oxygen atoms in total. The second-order valence-corrected chi connectivity index (χ2v) is 4.05. The van der Waals surface area contributed by atoms with Crippen molar-refractivity contribution >= 4 is 11.6 Å². The Hall–Kier alpha value is -0.600. The number of rotatable bonds is 2. The van der Waals surface area contributed by atoms with Crippen LogP contribution in [-0.2, 0) is 5.41 Å². The molecule has 1 aliphatic rings. The van der Waals surface area contributed by atoms with E-state index >= 15 is 0 Å². The van der Waals surface area contributed by atoms with Crippen LogP contribution in [0.2, 0.25) is 5.02 Å². The summed E-state index contributed by atoms with van der Waals surface area (Å²) in [6.07, 6.45) is 1.98. The molecule has 1 aliphatic carbocycles. The Bertz CT molecular complexity index is 334. The van der Waals surface area contributed by atoms with Gasteiger partial charge in [0.15, 0.2) is 0 Å². The van der Waals surface area contributed by atoms with Crippen molar-refractivity contribution in [2.45, 2.75) is 18.3 Å². The fraction of sp³-hybridized carbons (Fsp3) is 0.400. The normalized spacial score (nSPS) is 18.7. The maximum Gasteiger partial charge on any atom is 0.128 e. The first-order valence-electron chi connectivity index (χ1n) is 4.33. The number of hydrogen-bond donors (Lipinski definition) is 1. The second-order valence-electron chi connectivity index (χ2n) is 3.61. The fourth-order valence-electron chi connectivity index (χ4n) is 1.65. The molecule has 70 valence electrons. The smallest absolute Gasteiger partial charge is 0.128 e. The molecular formula is C10H11ClFN. The minimum absolute atomic E-state index is 0.0886. The summed E-state index contributed by atoms with van der Waals surface area (Å²) in [5, 5.41) is 0.439. The van der Waals surface area contributed by atoms with Crippen LogP contribution in [0, 0.1) is 5.82 Å². The van der Waals surface area contributed by atoms with Crippen molar-refractivity contribution in [1.29, 1.82) is 0 Å². The molecule has 1 aromatic rings. The summed E-state index contributed by atoms with van der Waals surface area (Å²) in [6, 6.07) is 4.82. The van der Waals surface area contributed by atoms with Crippen molar-refractivity contribution in [3.05, 3.63) is 34.6 Å². The molecule has 0 saturated heterocycles. The van der Waals surface area contributed by atoms with Gasteiger partial charge in [-0.2, -0.15) is 0 Å². The summed E-state index contributed by atoms with van der Waals surface area (Å²) in [4.78, 5) is 0. The molecule has 1 fully saturated rings. The van der Waals surface area contributed by atoms with E-state index in [0.29, 0.717) is 11.6 Å². The minimum Gasteiger partial charge on any atom is -0.330 e. The lowest BCUT2D eigenvalue weighted by Gasteiger charge is -2.13. The van der Waals surface area contributed by atoms with Gasteiger partial charge in [0.05, 0.1) is 0 Å². The van der Waals surface area contributed by atoms with E-state index in [-0.39, 0.29) is 11.2 Å². The lowest BCUT2D eigenvalue weighted by Crippen LogP contribution is -2.20. The third-order valence-corrected chi connectivity index (χ3v) is 2.98. The van der Waals surface area contributed by atoms with E-state index in [2.05, 4.69) is 0 Å².